The molecule has 30 heavy (non-hydrogen) atoms. The third kappa shape index (κ3) is 4.11. The van der Waals surface area contributed by atoms with Gasteiger partial charge < -0.3 is 25.2 Å². The normalized spacial score (nSPS) is 19.3. The van der Waals surface area contributed by atoms with Crippen molar-refractivity contribution < 1.29 is 19.1 Å². The van der Waals surface area contributed by atoms with Crippen LogP contribution in [0, 0.1) is 17.9 Å². The van der Waals surface area contributed by atoms with Crippen molar-refractivity contribution in [2.45, 2.75) is 25.9 Å². The highest BCUT2D eigenvalue weighted by Crippen LogP contribution is 2.30. The molecule has 1 aliphatic heterocycles. The number of carbonyl (C=O) groups excluding carboxylic acids is 2. The maximum atomic E-state index is 12.9. The van der Waals surface area contributed by atoms with E-state index in [1.165, 1.54) is 19.1 Å². The molecule has 1 aromatic heterocycles. The highest BCUT2D eigenvalue weighted by atomic mass is 19.1. The van der Waals surface area contributed by atoms with E-state index in [1.807, 2.05) is 11.9 Å². The first-order chi connectivity index (χ1) is 14.1. The fourth-order valence-electron chi connectivity index (χ4n) is 3.55. The Morgan fingerprint density at radius 3 is 2.73 bits per heavy atom. The second-order valence-electron chi connectivity index (χ2n) is 7.43. The molecular weight excluding hydrogens is 393 g/mol. The number of aromatic nitrogens is 2. The van der Waals surface area contributed by atoms with Gasteiger partial charge in [0.2, 0.25) is 11.7 Å². The van der Waals surface area contributed by atoms with Crippen LogP contribution in [0.15, 0.2) is 16.9 Å². The summed E-state index contributed by atoms with van der Waals surface area (Å²) in [5.74, 6) is -2.30. The summed E-state index contributed by atoms with van der Waals surface area (Å²) in [4.78, 5) is 47.4. The molecule has 1 aromatic carbocycles. The van der Waals surface area contributed by atoms with Crippen molar-refractivity contribution in [3.05, 3.63) is 57.5 Å². The van der Waals surface area contributed by atoms with E-state index >= 15 is 0 Å². The lowest BCUT2D eigenvalue weighted by molar-refractivity contribution is -0.139. The average Bonchev–Trinajstić information content (AvgIpc) is 2.68. The quantitative estimate of drug-likeness (QED) is 0.654. The summed E-state index contributed by atoms with van der Waals surface area (Å²) in [5, 5.41) is 12.6. The molecule has 9 nitrogen and oxygen atoms in total. The van der Waals surface area contributed by atoms with Crippen LogP contribution in [0.1, 0.15) is 35.7 Å². The topological polar surface area (TPSA) is 119 Å². The van der Waals surface area contributed by atoms with E-state index < -0.39 is 34.3 Å². The molecule has 2 aromatic rings. The first-order valence-corrected chi connectivity index (χ1v) is 9.29. The van der Waals surface area contributed by atoms with Gasteiger partial charge in [-0.1, -0.05) is 6.07 Å². The molecule has 1 aliphatic rings. The van der Waals surface area contributed by atoms with Gasteiger partial charge in [-0.15, -0.1) is 0 Å². The van der Waals surface area contributed by atoms with Crippen molar-refractivity contribution in [3.63, 3.8) is 0 Å². The second kappa shape index (κ2) is 8.12. The van der Waals surface area contributed by atoms with Crippen molar-refractivity contribution in [3.8, 4) is 5.75 Å². The van der Waals surface area contributed by atoms with Gasteiger partial charge in [-0.25, -0.2) is 4.98 Å². The zero-order valence-electron chi connectivity index (χ0n) is 16.9. The van der Waals surface area contributed by atoms with Crippen LogP contribution in [0.2, 0.25) is 0 Å². The van der Waals surface area contributed by atoms with E-state index in [0.29, 0.717) is 25.2 Å². The monoisotopic (exact) mass is 415 g/mol. The number of hydrogen-bond acceptors (Lipinski definition) is 6. The van der Waals surface area contributed by atoms with Crippen LogP contribution in [-0.4, -0.2) is 63.4 Å². The van der Waals surface area contributed by atoms with Crippen LogP contribution < -0.4 is 10.9 Å². The van der Waals surface area contributed by atoms with E-state index in [-0.39, 0.29) is 18.3 Å². The molecule has 10 heteroatoms. The van der Waals surface area contributed by atoms with Crippen molar-refractivity contribution >= 4 is 11.8 Å². The molecule has 1 fully saturated rings. The molecule has 1 saturated heterocycles. The highest BCUT2D eigenvalue weighted by molar-refractivity contribution is 5.94. The van der Waals surface area contributed by atoms with Gasteiger partial charge in [0.25, 0.3) is 11.5 Å². The molecule has 3 N–H and O–H groups in total. The minimum Gasteiger partial charge on any atom is -0.501 e. The average molecular weight is 415 g/mol. The molecule has 0 spiro atoms. The van der Waals surface area contributed by atoms with Gasteiger partial charge in [0.1, 0.15) is 11.4 Å². The standard InChI is InChI=1S/C20H22FN5O4/c1-12(27)26-9-8-25(3)11-20(26,2)19-23-15(16(28)18(30)24-19)17(29)22-10-13-4-6-14(21)7-5-13/h4,6,28H,8-11H2,1-3H3,(H,22,29)(H,23,24,30). The second-order valence-corrected chi connectivity index (χ2v) is 7.43. The van der Waals surface area contributed by atoms with Crippen LogP contribution in [0.3, 0.4) is 0 Å². The van der Waals surface area contributed by atoms with E-state index in [4.69, 9.17) is 0 Å². The van der Waals surface area contributed by atoms with Crippen LogP contribution >= 0.6 is 0 Å². The predicted octanol–water partition coefficient (Wildman–Crippen LogP) is 0.154. The molecule has 0 aliphatic carbocycles. The Bertz CT molecular complexity index is 1020. The number of carbonyl (C=O) groups is 2. The summed E-state index contributed by atoms with van der Waals surface area (Å²) in [6.07, 6.45) is 0. The van der Waals surface area contributed by atoms with Crippen molar-refractivity contribution in [1.82, 2.24) is 25.1 Å². The minimum absolute atomic E-state index is 0.0293. The number of likely N-dealkylation sites (N-methyl/N-ethyl adjacent to an activating group) is 1. The Balaban J connectivity index is 1.93. The first kappa shape index (κ1) is 21.3. The Morgan fingerprint density at radius 1 is 1.37 bits per heavy atom. The Kier molecular flexibility index (Phi) is 5.75. The SMILES string of the molecule is CC(=O)N1CCN(C)CC1(C)c1nc(C(=O)NCc2c#cc(F)cc2)c(O)c(=O)[nH]1. The molecule has 3 rings (SSSR count). The summed E-state index contributed by atoms with van der Waals surface area (Å²) in [6, 6.07) is 7.40. The summed E-state index contributed by atoms with van der Waals surface area (Å²) in [5.41, 5.74) is -1.89. The zero-order chi connectivity index (χ0) is 22.1. The van der Waals surface area contributed by atoms with Crippen molar-refractivity contribution in [2.75, 3.05) is 26.7 Å². The fraction of sp³-hybridized carbons (Fsp3) is 0.400. The summed E-state index contributed by atoms with van der Waals surface area (Å²) in [7, 11) is 1.87. The van der Waals surface area contributed by atoms with E-state index in [9.17, 15) is 23.9 Å². The molecule has 1 atom stereocenters. The molecule has 158 valence electrons. The summed E-state index contributed by atoms with van der Waals surface area (Å²) >= 11 is 0. The Morgan fingerprint density at radius 2 is 2.10 bits per heavy atom. The number of piperazine rings is 1. The highest BCUT2D eigenvalue weighted by Gasteiger charge is 2.42. The number of amides is 2. The smallest absolute Gasteiger partial charge is 0.294 e. The zero-order valence-corrected chi connectivity index (χ0v) is 16.9. The van der Waals surface area contributed by atoms with Gasteiger partial charge >= 0.3 is 0 Å². The van der Waals surface area contributed by atoms with Crippen LogP contribution in [0.25, 0.3) is 0 Å². The number of nitrogens with zero attached hydrogens (tertiary/aromatic N) is 3. The Hall–Kier alpha value is -3.45. The summed E-state index contributed by atoms with van der Waals surface area (Å²) < 4.78 is 12.9. The largest absolute Gasteiger partial charge is 0.501 e. The number of H-pyrrole nitrogens is 1. The van der Waals surface area contributed by atoms with Gasteiger partial charge in [-0.3, -0.25) is 14.4 Å². The molecular formula is C20H22FN5O4. The Labute approximate surface area is 172 Å². The van der Waals surface area contributed by atoms with E-state index in [0.717, 1.165) is 0 Å². The van der Waals surface area contributed by atoms with E-state index in [1.54, 1.807) is 11.8 Å². The molecule has 0 bridgehead atoms. The maximum Gasteiger partial charge on any atom is 0.294 e. The fourth-order valence-corrected chi connectivity index (χ4v) is 3.55. The van der Waals surface area contributed by atoms with Crippen LogP contribution in [-0.2, 0) is 16.9 Å². The lowest BCUT2D eigenvalue weighted by Crippen LogP contribution is -2.60. The number of rotatable bonds is 4. The van der Waals surface area contributed by atoms with Gasteiger partial charge in [0, 0.05) is 32.1 Å². The molecule has 1 unspecified atom stereocenters. The number of nitrogens with one attached hydrogen (secondary N) is 2. The van der Waals surface area contributed by atoms with Gasteiger partial charge in [0.05, 0.1) is 6.54 Å². The number of aromatic hydroxyl groups is 1. The van der Waals surface area contributed by atoms with Crippen LogP contribution in [0.5, 0.6) is 5.75 Å². The lowest BCUT2D eigenvalue weighted by atomic mass is 9.94. The van der Waals surface area contributed by atoms with Gasteiger partial charge in [-0.05, 0) is 32.2 Å². The first-order valence-electron chi connectivity index (χ1n) is 9.29. The predicted molar refractivity (Wildman–Crippen MR) is 104 cm³/mol. The van der Waals surface area contributed by atoms with Crippen LogP contribution in [0.4, 0.5) is 4.39 Å². The molecule has 2 amide bonds. The number of hydrogen-bond donors (Lipinski definition) is 3. The maximum absolute atomic E-state index is 12.9. The molecule has 0 radical (unpaired) electrons. The summed E-state index contributed by atoms with van der Waals surface area (Å²) in [6.45, 7) is 4.58. The third-order valence-electron chi connectivity index (χ3n) is 5.09. The van der Waals surface area contributed by atoms with Crippen molar-refractivity contribution in [1.29, 1.82) is 0 Å². The third-order valence-corrected chi connectivity index (χ3v) is 5.09. The molecule has 0 saturated carbocycles. The lowest BCUT2D eigenvalue weighted by Gasteiger charge is -2.46. The van der Waals surface area contributed by atoms with Gasteiger partial charge in [0.15, 0.2) is 11.5 Å². The molecule has 2 heterocycles. The van der Waals surface area contributed by atoms with E-state index in [2.05, 4.69) is 27.4 Å². The number of halogens is 1. The number of aromatic amines is 1. The minimum atomic E-state index is -1.000. The van der Waals surface area contributed by atoms with Crippen molar-refractivity contribution in [2.24, 2.45) is 0 Å². The van der Waals surface area contributed by atoms with Gasteiger partial charge in [-0.2, -0.15) is 4.39 Å².